The number of phenolic OH excluding ortho intramolecular Hbond substituents is 2. The van der Waals surface area contributed by atoms with E-state index in [1.807, 2.05) is 18.2 Å². The molecule has 5 nitrogen and oxygen atoms in total. The zero-order valence-corrected chi connectivity index (χ0v) is 12.3. The highest BCUT2D eigenvalue weighted by Gasteiger charge is 2.26. The number of aromatic hydroxyl groups is 2. The lowest BCUT2D eigenvalue weighted by Gasteiger charge is -2.16. The quantitative estimate of drug-likeness (QED) is 0.794. The normalized spacial score (nSPS) is 13.3. The maximum absolute atomic E-state index is 12.5. The second-order valence-electron chi connectivity index (χ2n) is 5.24. The molecule has 3 N–H and O–H groups in total. The molecule has 22 heavy (non-hydrogen) atoms. The van der Waals surface area contributed by atoms with Crippen molar-refractivity contribution in [2.45, 2.75) is 19.7 Å². The lowest BCUT2D eigenvalue weighted by molar-refractivity contribution is 0.0748. The first-order valence-electron chi connectivity index (χ1n) is 6.72. The van der Waals surface area contributed by atoms with Gasteiger partial charge < -0.3 is 20.2 Å². The molecule has 2 aromatic carbocycles. The number of amides is 1. The van der Waals surface area contributed by atoms with Crippen LogP contribution in [0.4, 0.5) is 0 Å². The van der Waals surface area contributed by atoms with Gasteiger partial charge in [0.1, 0.15) is 11.5 Å². The van der Waals surface area contributed by atoms with E-state index >= 15 is 0 Å². The van der Waals surface area contributed by atoms with Crippen molar-refractivity contribution in [2.75, 3.05) is 0 Å². The maximum Gasteiger partial charge on any atom is 0.258 e. The lowest BCUT2D eigenvalue weighted by atomic mass is 10.1. The summed E-state index contributed by atoms with van der Waals surface area (Å²) in [7, 11) is 0. The largest absolute Gasteiger partial charge is 0.507 e. The van der Waals surface area contributed by atoms with E-state index in [-0.39, 0.29) is 34.6 Å². The molecule has 0 bridgehead atoms. The van der Waals surface area contributed by atoms with Crippen molar-refractivity contribution in [3.63, 3.8) is 0 Å². The summed E-state index contributed by atoms with van der Waals surface area (Å²) < 4.78 is 0. The van der Waals surface area contributed by atoms with Gasteiger partial charge in [-0.2, -0.15) is 0 Å². The Morgan fingerprint density at radius 1 is 1.09 bits per heavy atom. The molecule has 0 aliphatic carbocycles. The van der Waals surface area contributed by atoms with Crippen molar-refractivity contribution in [1.29, 1.82) is 0 Å². The maximum atomic E-state index is 12.5. The summed E-state index contributed by atoms with van der Waals surface area (Å²) in [5.41, 5.74) is 2.83. The van der Waals surface area contributed by atoms with Crippen LogP contribution >= 0.6 is 11.6 Å². The number of hydrogen-bond donors (Lipinski definition) is 3. The first kappa shape index (κ1) is 14.7. The minimum absolute atomic E-state index is 0.0143. The van der Waals surface area contributed by atoms with Gasteiger partial charge in [-0.15, -0.1) is 0 Å². The van der Waals surface area contributed by atoms with E-state index in [0.29, 0.717) is 13.1 Å². The van der Waals surface area contributed by atoms with E-state index < -0.39 is 0 Å². The summed E-state index contributed by atoms with van der Waals surface area (Å²) in [4.78, 5) is 14.1. The lowest BCUT2D eigenvalue weighted by Crippen LogP contribution is -2.25. The Bertz CT molecular complexity index is 760. The van der Waals surface area contributed by atoms with Crippen LogP contribution < -0.4 is 0 Å². The van der Waals surface area contributed by atoms with Crippen molar-refractivity contribution in [2.24, 2.45) is 0 Å². The van der Waals surface area contributed by atoms with Crippen LogP contribution in [-0.4, -0.2) is 26.1 Å². The second kappa shape index (κ2) is 5.51. The Balaban J connectivity index is 1.88. The molecule has 0 spiro atoms. The van der Waals surface area contributed by atoms with E-state index in [1.165, 1.54) is 6.07 Å². The molecule has 1 amide bonds. The van der Waals surface area contributed by atoms with Crippen LogP contribution in [0.5, 0.6) is 11.5 Å². The number of carbonyl (C=O) groups is 1. The molecule has 0 unspecified atom stereocenters. The first-order chi connectivity index (χ1) is 10.5. The molecule has 0 fully saturated rings. The monoisotopic (exact) mass is 319 g/mol. The van der Waals surface area contributed by atoms with Crippen LogP contribution in [0.1, 0.15) is 27.0 Å². The molecule has 0 aromatic heterocycles. The van der Waals surface area contributed by atoms with Crippen molar-refractivity contribution < 1.29 is 20.1 Å². The molecule has 0 saturated carbocycles. The molecule has 114 valence electrons. The van der Waals surface area contributed by atoms with Crippen molar-refractivity contribution in [3.05, 3.63) is 57.6 Å². The van der Waals surface area contributed by atoms with Gasteiger partial charge in [-0.3, -0.25) is 4.79 Å². The zero-order valence-electron chi connectivity index (χ0n) is 11.6. The van der Waals surface area contributed by atoms with Crippen LogP contribution in [-0.2, 0) is 19.7 Å². The van der Waals surface area contributed by atoms with E-state index in [4.69, 9.17) is 16.7 Å². The fourth-order valence-corrected chi connectivity index (χ4v) is 2.75. The standard InChI is InChI=1S/C16H14ClNO4/c17-13-4-12(14(20)5-15(13)21)16(22)18-6-10-2-1-9(8-19)3-11(10)7-18/h1-5,19-21H,6-8H2. The number of fused-ring (bicyclic) bond motifs is 1. The minimum atomic E-state index is -0.360. The minimum Gasteiger partial charge on any atom is -0.507 e. The second-order valence-corrected chi connectivity index (χ2v) is 5.65. The third-order valence-electron chi connectivity index (χ3n) is 3.76. The molecular weight excluding hydrogens is 306 g/mol. The summed E-state index contributed by atoms with van der Waals surface area (Å²) >= 11 is 5.81. The summed E-state index contributed by atoms with van der Waals surface area (Å²) in [6.07, 6.45) is 0. The van der Waals surface area contributed by atoms with Crippen molar-refractivity contribution in [3.8, 4) is 11.5 Å². The molecule has 0 saturated heterocycles. The third kappa shape index (κ3) is 2.49. The highest BCUT2D eigenvalue weighted by Crippen LogP contribution is 2.33. The fourth-order valence-electron chi connectivity index (χ4n) is 2.58. The van der Waals surface area contributed by atoms with E-state index in [2.05, 4.69) is 0 Å². The molecule has 6 heteroatoms. The average molecular weight is 320 g/mol. The molecule has 0 radical (unpaired) electrons. The van der Waals surface area contributed by atoms with Gasteiger partial charge in [-0.25, -0.2) is 0 Å². The predicted octanol–water partition coefficient (Wildman–Crippen LogP) is 2.40. The summed E-state index contributed by atoms with van der Waals surface area (Å²) in [5.74, 6) is -0.937. The van der Waals surface area contributed by atoms with Gasteiger partial charge in [0.25, 0.3) is 5.91 Å². The van der Waals surface area contributed by atoms with Crippen LogP contribution in [0.25, 0.3) is 0 Å². The number of nitrogens with zero attached hydrogens (tertiary/aromatic N) is 1. The summed E-state index contributed by atoms with van der Waals surface area (Å²) in [5, 5.41) is 28.5. The fraction of sp³-hybridized carbons (Fsp3) is 0.188. The highest BCUT2D eigenvalue weighted by molar-refractivity contribution is 6.32. The van der Waals surface area contributed by atoms with Crippen LogP contribution in [0, 0.1) is 0 Å². The average Bonchev–Trinajstić information content (AvgIpc) is 2.93. The Labute approximate surface area is 132 Å². The highest BCUT2D eigenvalue weighted by atomic mass is 35.5. The number of aliphatic hydroxyl groups is 1. The molecule has 1 aliphatic rings. The molecular formula is C16H14ClNO4. The Hall–Kier alpha value is -2.24. The third-order valence-corrected chi connectivity index (χ3v) is 4.06. The van der Waals surface area contributed by atoms with E-state index in [1.54, 1.807) is 4.90 Å². The number of phenols is 2. The molecule has 3 rings (SSSR count). The van der Waals surface area contributed by atoms with Crippen LogP contribution in [0.3, 0.4) is 0 Å². The van der Waals surface area contributed by atoms with Crippen LogP contribution in [0.15, 0.2) is 30.3 Å². The molecule has 2 aromatic rings. The van der Waals surface area contributed by atoms with Crippen LogP contribution in [0.2, 0.25) is 5.02 Å². The molecule has 1 aliphatic heterocycles. The Morgan fingerprint density at radius 3 is 2.55 bits per heavy atom. The van der Waals surface area contributed by atoms with Gasteiger partial charge in [-0.05, 0) is 22.8 Å². The van der Waals surface area contributed by atoms with E-state index in [0.717, 1.165) is 22.8 Å². The number of rotatable bonds is 2. The number of benzene rings is 2. The van der Waals surface area contributed by atoms with Crippen molar-refractivity contribution >= 4 is 17.5 Å². The topological polar surface area (TPSA) is 81.0 Å². The van der Waals surface area contributed by atoms with Gasteiger partial charge in [-0.1, -0.05) is 29.8 Å². The number of halogens is 1. The molecule has 1 heterocycles. The van der Waals surface area contributed by atoms with E-state index in [9.17, 15) is 15.0 Å². The van der Waals surface area contributed by atoms with Gasteiger partial charge in [0.15, 0.2) is 0 Å². The Kier molecular flexibility index (Phi) is 3.68. The number of hydrogen-bond acceptors (Lipinski definition) is 4. The Morgan fingerprint density at radius 2 is 1.82 bits per heavy atom. The number of carbonyl (C=O) groups excluding carboxylic acids is 1. The first-order valence-corrected chi connectivity index (χ1v) is 7.09. The van der Waals surface area contributed by atoms with Crippen molar-refractivity contribution in [1.82, 2.24) is 4.90 Å². The van der Waals surface area contributed by atoms with Gasteiger partial charge >= 0.3 is 0 Å². The van der Waals surface area contributed by atoms with Gasteiger partial charge in [0.05, 0.1) is 17.2 Å². The predicted molar refractivity (Wildman–Crippen MR) is 80.7 cm³/mol. The summed E-state index contributed by atoms with van der Waals surface area (Å²) in [6, 6.07) is 7.89. The van der Waals surface area contributed by atoms with Gasteiger partial charge in [0, 0.05) is 19.2 Å². The summed E-state index contributed by atoms with van der Waals surface area (Å²) in [6.45, 7) is 0.785. The smallest absolute Gasteiger partial charge is 0.258 e. The number of aliphatic hydroxyl groups excluding tert-OH is 1. The van der Waals surface area contributed by atoms with Gasteiger partial charge in [0.2, 0.25) is 0 Å². The SMILES string of the molecule is O=C(c1cc(Cl)c(O)cc1O)N1Cc2ccc(CO)cc2C1. The molecule has 0 atom stereocenters. The zero-order chi connectivity index (χ0) is 15.9.